The summed E-state index contributed by atoms with van der Waals surface area (Å²) in [5.74, 6) is 0.417. The Kier molecular flexibility index (Phi) is 7.34. The van der Waals surface area contributed by atoms with Crippen LogP contribution in [0.15, 0.2) is 97.1 Å². The maximum atomic E-state index is 14.0. The van der Waals surface area contributed by atoms with E-state index in [9.17, 15) is 9.18 Å². The van der Waals surface area contributed by atoms with E-state index in [1.807, 2.05) is 66.7 Å². The third kappa shape index (κ3) is 4.98. The molecule has 1 N–H and O–H groups in total. The van der Waals surface area contributed by atoms with E-state index in [2.05, 4.69) is 28.1 Å². The van der Waals surface area contributed by atoms with Gasteiger partial charge in [-0.15, -0.1) is 0 Å². The van der Waals surface area contributed by atoms with Crippen molar-refractivity contribution < 1.29 is 18.7 Å². The number of esters is 1. The molecular weight excluding hydrogens is 503 g/mol. The molecule has 2 heterocycles. The Morgan fingerprint density at radius 1 is 0.900 bits per heavy atom. The molecule has 5 aromatic rings. The number of benzene rings is 4. The van der Waals surface area contributed by atoms with E-state index in [-0.39, 0.29) is 17.7 Å². The fourth-order valence-electron chi connectivity index (χ4n) is 5.72. The summed E-state index contributed by atoms with van der Waals surface area (Å²) in [4.78, 5) is 12.2. The predicted octanol–water partition coefficient (Wildman–Crippen LogP) is 7.27. The fourth-order valence-corrected chi connectivity index (χ4v) is 5.72. The second-order valence-electron chi connectivity index (χ2n) is 10.1. The number of nitrogens with zero attached hydrogens (tertiary/aromatic N) is 1. The van der Waals surface area contributed by atoms with Crippen LogP contribution in [0.1, 0.15) is 40.4 Å². The average Bonchev–Trinajstić information content (AvgIpc) is 3.37. The van der Waals surface area contributed by atoms with Gasteiger partial charge in [0.25, 0.3) is 0 Å². The molecule has 0 aliphatic carbocycles. The summed E-state index contributed by atoms with van der Waals surface area (Å²) >= 11 is 0. The summed E-state index contributed by atoms with van der Waals surface area (Å²) in [7, 11) is 1.39. The summed E-state index contributed by atoms with van der Waals surface area (Å²) in [5, 5.41) is 4.49. The molecule has 1 aliphatic rings. The molecule has 0 spiro atoms. The summed E-state index contributed by atoms with van der Waals surface area (Å²) in [6.07, 6.45) is 1.95. The summed E-state index contributed by atoms with van der Waals surface area (Å²) in [6.45, 7) is 2.28. The van der Waals surface area contributed by atoms with Gasteiger partial charge in [-0.2, -0.15) is 0 Å². The van der Waals surface area contributed by atoms with Crippen LogP contribution in [0.25, 0.3) is 27.7 Å². The Bertz CT molecular complexity index is 1620. The van der Waals surface area contributed by atoms with Gasteiger partial charge in [0, 0.05) is 22.9 Å². The van der Waals surface area contributed by atoms with Crippen molar-refractivity contribution in [3.63, 3.8) is 0 Å². The Morgan fingerprint density at radius 3 is 2.33 bits per heavy atom. The standard InChI is InChI=1S/C34H31FN2O3/c1-39-34(38)26-12-10-24(11-13-26)31-32-29(8-5-9-30(32)40-22-23-6-3-2-4-7-23)37(28-16-14-27(35)15-17-28)33(31)25-18-20-36-21-19-25/h2-17,25,36H,18-22H2,1H3. The van der Waals surface area contributed by atoms with Gasteiger partial charge >= 0.3 is 5.97 Å². The molecule has 1 saturated heterocycles. The minimum Gasteiger partial charge on any atom is -0.488 e. The van der Waals surface area contributed by atoms with Gasteiger partial charge in [-0.3, -0.25) is 0 Å². The first-order valence-electron chi connectivity index (χ1n) is 13.6. The molecule has 1 aromatic heterocycles. The van der Waals surface area contributed by atoms with Crippen LogP contribution in [0.3, 0.4) is 0 Å². The molecule has 6 rings (SSSR count). The highest BCUT2D eigenvalue weighted by molar-refractivity contribution is 6.04. The van der Waals surface area contributed by atoms with Gasteiger partial charge in [0.2, 0.25) is 0 Å². The maximum Gasteiger partial charge on any atom is 0.337 e. The second-order valence-corrected chi connectivity index (χ2v) is 10.1. The number of rotatable bonds is 7. The lowest BCUT2D eigenvalue weighted by Crippen LogP contribution is -2.27. The zero-order chi connectivity index (χ0) is 27.5. The number of aromatic nitrogens is 1. The van der Waals surface area contributed by atoms with Crippen molar-refractivity contribution in [3.05, 3.63) is 120 Å². The lowest BCUT2D eigenvalue weighted by Gasteiger charge is -2.26. The Labute approximate surface area is 233 Å². The van der Waals surface area contributed by atoms with Gasteiger partial charge in [-0.1, -0.05) is 48.5 Å². The van der Waals surface area contributed by atoms with Crippen molar-refractivity contribution in [1.82, 2.24) is 9.88 Å². The van der Waals surface area contributed by atoms with Gasteiger partial charge in [0.1, 0.15) is 18.2 Å². The van der Waals surface area contributed by atoms with E-state index < -0.39 is 0 Å². The highest BCUT2D eigenvalue weighted by Crippen LogP contribution is 2.46. The van der Waals surface area contributed by atoms with E-state index in [1.54, 1.807) is 0 Å². The molecule has 1 aliphatic heterocycles. The number of methoxy groups -OCH3 is 1. The van der Waals surface area contributed by atoms with Crippen molar-refractivity contribution in [2.45, 2.75) is 25.4 Å². The van der Waals surface area contributed by atoms with E-state index in [1.165, 1.54) is 24.9 Å². The number of nitrogens with one attached hydrogen (secondary N) is 1. The number of hydrogen-bond donors (Lipinski definition) is 1. The highest BCUT2D eigenvalue weighted by Gasteiger charge is 2.29. The third-order valence-electron chi connectivity index (χ3n) is 7.63. The van der Waals surface area contributed by atoms with Crippen molar-refractivity contribution in [2.24, 2.45) is 0 Å². The van der Waals surface area contributed by atoms with E-state index in [4.69, 9.17) is 9.47 Å². The molecule has 40 heavy (non-hydrogen) atoms. The number of halogens is 1. The van der Waals surface area contributed by atoms with Gasteiger partial charge in [-0.25, -0.2) is 9.18 Å². The molecule has 0 unspecified atom stereocenters. The van der Waals surface area contributed by atoms with E-state index in [0.29, 0.717) is 12.2 Å². The van der Waals surface area contributed by atoms with Gasteiger partial charge in [0.15, 0.2) is 0 Å². The van der Waals surface area contributed by atoms with Gasteiger partial charge in [0.05, 0.1) is 23.6 Å². The van der Waals surface area contributed by atoms with Crippen LogP contribution in [0.4, 0.5) is 4.39 Å². The Morgan fingerprint density at radius 2 is 1.62 bits per heavy atom. The zero-order valence-electron chi connectivity index (χ0n) is 22.4. The number of ether oxygens (including phenoxy) is 2. The smallest absolute Gasteiger partial charge is 0.337 e. The number of carbonyl (C=O) groups is 1. The van der Waals surface area contributed by atoms with Crippen molar-refractivity contribution >= 4 is 16.9 Å². The first-order chi connectivity index (χ1) is 19.6. The largest absolute Gasteiger partial charge is 0.488 e. The van der Waals surface area contributed by atoms with Crippen LogP contribution in [0.5, 0.6) is 5.75 Å². The predicted molar refractivity (Wildman–Crippen MR) is 156 cm³/mol. The Balaban J connectivity index is 1.61. The lowest BCUT2D eigenvalue weighted by molar-refractivity contribution is 0.0600. The third-order valence-corrected chi connectivity index (χ3v) is 7.63. The highest BCUT2D eigenvalue weighted by atomic mass is 19.1. The SMILES string of the molecule is COC(=O)c1ccc(-c2c(C3CCNCC3)n(-c3ccc(F)cc3)c3cccc(OCc4ccccc4)c23)cc1. The minimum absolute atomic E-state index is 0.269. The topological polar surface area (TPSA) is 52.5 Å². The molecule has 5 nitrogen and oxygen atoms in total. The minimum atomic E-state index is -0.370. The molecule has 0 saturated carbocycles. The molecule has 0 bridgehead atoms. The molecular formula is C34H31FN2O3. The quantitative estimate of drug-likeness (QED) is 0.223. The summed E-state index contributed by atoms with van der Waals surface area (Å²) < 4.78 is 27.7. The number of hydrogen-bond acceptors (Lipinski definition) is 4. The van der Waals surface area contributed by atoms with Gasteiger partial charge in [-0.05, 0) is 85.6 Å². The lowest BCUT2D eigenvalue weighted by atomic mass is 9.88. The second kappa shape index (κ2) is 11.4. The maximum absolute atomic E-state index is 14.0. The monoisotopic (exact) mass is 534 g/mol. The van der Waals surface area contributed by atoms with Crippen molar-refractivity contribution in [3.8, 4) is 22.6 Å². The molecule has 0 atom stereocenters. The van der Waals surface area contributed by atoms with Crippen molar-refractivity contribution in [2.75, 3.05) is 20.2 Å². The normalized spacial score (nSPS) is 13.8. The molecule has 4 aromatic carbocycles. The van der Waals surface area contributed by atoms with Crippen molar-refractivity contribution in [1.29, 1.82) is 0 Å². The fraction of sp³-hybridized carbons (Fsp3) is 0.206. The van der Waals surface area contributed by atoms with Crippen LogP contribution >= 0.6 is 0 Å². The van der Waals surface area contributed by atoms with Crippen LogP contribution in [-0.2, 0) is 11.3 Å². The molecule has 202 valence electrons. The number of fused-ring (bicyclic) bond motifs is 1. The first-order valence-corrected chi connectivity index (χ1v) is 13.6. The summed E-state index contributed by atoms with van der Waals surface area (Å²) in [6, 6.07) is 30.5. The number of carbonyl (C=O) groups excluding carboxylic acids is 1. The summed E-state index contributed by atoms with van der Waals surface area (Å²) in [5.41, 5.74) is 6.71. The molecule has 0 amide bonds. The zero-order valence-corrected chi connectivity index (χ0v) is 22.4. The molecule has 1 fully saturated rings. The average molecular weight is 535 g/mol. The first kappa shape index (κ1) is 25.8. The van der Waals surface area contributed by atoms with E-state index >= 15 is 0 Å². The molecule has 6 heteroatoms. The van der Waals surface area contributed by atoms with Crippen LogP contribution in [0, 0.1) is 5.82 Å². The van der Waals surface area contributed by atoms with E-state index in [0.717, 1.165) is 65.0 Å². The van der Waals surface area contributed by atoms with Crippen LogP contribution < -0.4 is 10.1 Å². The number of piperidine rings is 1. The Hall–Kier alpha value is -4.42. The van der Waals surface area contributed by atoms with Crippen LogP contribution in [0.2, 0.25) is 0 Å². The van der Waals surface area contributed by atoms with Crippen LogP contribution in [-0.4, -0.2) is 30.7 Å². The van der Waals surface area contributed by atoms with Gasteiger partial charge < -0.3 is 19.4 Å². The molecule has 0 radical (unpaired) electrons.